The zero-order valence-electron chi connectivity index (χ0n) is 9.70. The van der Waals surface area contributed by atoms with Crippen LogP contribution in [0.25, 0.3) is 0 Å². The van der Waals surface area contributed by atoms with Gasteiger partial charge in [0.15, 0.2) is 0 Å². The molecular weight excluding hydrogens is 327 g/mol. The van der Waals surface area contributed by atoms with Crippen molar-refractivity contribution in [2.24, 2.45) is 0 Å². The second-order valence-corrected chi connectivity index (χ2v) is 5.03. The Morgan fingerprint density at radius 3 is 2.29 bits per heavy atom. The summed E-state index contributed by atoms with van der Waals surface area (Å²) in [6, 6.07) is 11.5. The van der Waals surface area contributed by atoms with Crippen LogP contribution >= 0.6 is 22.6 Å². The Bertz CT molecular complexity index is 541. The summed E-state index contributed by atoms with van der Waals surface area (Å²) in [4.78, 5) is 12.1. The minimum absolute atomic E-state index is 0.0857. The summed E-state index contributed by atoms with van der Waals surface area (Å²) in [5.41, 5.74) is 5.61. The van der Waals surface area contributed by atoms with Crippen LogP contribution in [0.5, 0.6) is 0 Å². The van der Waals surface area contributed by atoms with Crippen LogP contribution in [0.15, 0.2) is 36.4 Å². The van der Waals surface area contributed by atoms with Crippen LogP contribution in [-0.4, -0.2) is 10.6 Å². The van der Waals surface area contributed by atoms with E-state index in [0.717, 1.165) is 15.0 Å². The highest BCUT2D eigenvalue weighted by atomic mass is 127. The van der Waals surface area contributed by atoms with Crippen molar-refractivity contribution in [3.8, 4) is 0 Å². The van der Waals surface area contributed by atoms with Crippen LogP contribution in [0.1, 0.15) is 21.7 Å². The molecule has 1 heterocycles. The first kappa shape index (κ1) is 12.2. The minimum atomic E-state index is -0.0857. The van der Waals surface area contributed by atoms with Gasteiger partial charge in [-0.2, -0.15) is 0 Å². The smallest absolute Gasteiger partial charge is 0.267 e. The number of aryl methyl sites for hydroxylation is 2. The maximum absolute atomic E-state index is 12.1. The highest BCUT2D eigenvalue weighted by Crippen LogP contribution is 2.12. The Kier molecular flexibility index (Phi) is 3.51. The van der Waals surface area contributed by atoms with Gasteiger partial charge in [-0.1, -0.05) is 12.1 Å². The Morgan fingerprint density at radius 2 is 1.71 bits per heavy atom. The number of halogens is 1. The summed E-state index contributed by atoms with van der Waals surface area (Å²) in [6.07, 6.45) is 0. The third kappa shape index (κ3) is 2.52. The summed E-state index contributed by atoms with van der Waals surface area (Å²) >= 11 is 2.16. The van der Waals surface area contributed by atoms with Gasteiger partial charge in [-0.25, -0.2) is 0 Å². The fourth-order valence-electron chi connectivity index (χ4n) is 1.65. The summed E-state index contributed by atoms with van der Waals surface area (Å²) < 4.78 is 2.75. The van der Waals surface area contributed by atoms with Gasteiger partial charge in [0, 0.05) is 15.0 Å². The van der Waals surface area contributed by atoms with Gasteiger partial charge in [0.1, 0.15) is 0 Å². The number of hydrogen-bond donors (Lipinski definition) is 1. The van der Waals surface area contributed by atoms with Crippen LogP contribution < -0.4 is 5.43 Å². The molecule has 1 amide bonds. The Labute approximate surface area is 114 Å². The molecule has 1 N–H and O–H groups in total. The molecule has 4 heteroatoms. The fourth-order valence-corrected chi connectivity index (χ4v) is 2.28. The summed E-state index contributed by atoms with van der Waals surface area (Å²) in [5.74, 6) is -0.0857. The lowest BCUT2D eigenvalue weighted by Crippen LogP contribution is -2.25. The largest absolute Gasteiger partial charge is 0.271 e. The van der Waals surface area contributed by atoms with Gasteiger partial charge in [0.25, 0.3) is 5.91 Å². The van der Waals surface area contributed by atoms with Gasteiger partial charge in [-0.15, -0.1) is 0 Å². The molecule has 1 aromatic carbocycles. The zero-order valence-corrected chi connectivity index (χ0v) is 11.9. The molecule has 0 atom stereocenters. The number of nitrogens with zero attached hydrogens (tertiary/aromatic N) is 1. The van der Waals surface area contributed by atoms with Crippen molar-refractivity contribution in [3.05, 3.63) is 56.9 Å². The van der Waals surface area contributed by atoms with Gasteiger partial charge in [0.05, 0.1) is 5.56 Å². The van der Waals surface area contributed by atoms with Gasteiger partial charge in [0.2, 0.25) is 0 Å². The highest BCUT2D eigenvalue weighted by Gasteiger charge is 2.10. The molecule has 0 bridgehead atoms. The van der Waals surface area contributed by atoms with E-state index in [-0.39, 0.29) is 5.91 Å². The molecule has 2 rings (SSSR count). The molecule has 0 aliphatic rings. The lowest BCUT2D eigenvalue weighted by Gasteiger charge is -2.11. The number of carbonyl (C=O) groups is 1. The highest BCUT2D eigenvalue weighted by molar-refractivity contribution is 14.1. The molecule has 17 heavy (non-hydrogen) atoms. The van der Waals surface area contributed by atoms with Crippen LogP contribution in [0.3, 0.4) is 0 Å². The normalized spacial score (nSPS) is 10.3. The quantitative estimate of drug-likeness (QED) is 0.838. The predicted octanol–water partition coefficient (Wildman–Crippen LogP) is 3.09. The molecular formula is C13H13IN2O. The average molecular weight is 340 g/mol. The Balaban J connectivity index is 2.27. The number of amides is 1. The lowest BCUT2D eigenvalue weighted by atomic mass is 10.2. The average Bonchev–Trinajstić information content (AvgIpc) is 2.61. The van der Waals surface area contributed by atoms with Crippen molar-refractivity contribution in [1.29, 1.82) is 0 Å². The molecule has 0 spiro atoms. The van der Waals surface area contributed by atoms with Crippen molar-refractivity contribution in [2.45, 2.75) is 13.8 Å². The predicted molar refractivity (Wildman–Crippen MR) is 76.8 cm³/mol. The first-order valence-electron chi connectivity index (χ1n) is 5.30. The molecule has 0 aliphatic carbocycles. The number of nitrogens with one attached hydrogen (secondary N) is 1. The molecule has 0 fully saturated rings. The van der Waals surface area contributed by atoms with Gasteiger partial charge in [-0.05, 0) is 60.7 Å². The van der Waals surface area contributed by atoms with E-state index < -0.39 is 0 Å². The number of carbonyl (C=O) groups excluding carboxylic acids is 1. The van der Waals surface area contributed by atoms with Gasteiger partial charge < -0.3 is 0 Å². The SMILES string of the molecule is Cc1ccc(C)n1NC(=O)c1ccccc1I. The third-order valence-corrected chi connectivity index (χ3v) is 3.54. The fraction of sp³-hybridized carbons (Fsp3) is 0.154. The van der Waals surface area contributed by atoms with Crippen LogP contribution in [0.4, 0.5) is 0 Å². The van der Waals surface area contributed by atoms with E-state index in [1.165, 1.54) is 0 Å². The molecule has 0 aliphatic heterocycles. The van der Waals surface area contributed by atoms with E-state index in [2.05, 4.69) is 28.0 Å². The zero-order chi connectivity index (χ0) is 12.4. The molecule has 0 saturated heterocycles. The molecule has 88 valence electrons. The first-order valence-corrected chi connectivity index (χ1v) is 6.38. The van der Waals surface area contributed by atoms with Crippen molar-refractivity contribution in [2.75, 3.05) is 5.43 Å². The number of rotatable bonds is 2. The van der Waals surface area contributed by atoms with E-state index in [4.69, 9.17) is 0 Å². The third-order valence-electron chi connectivity index (χ3n) is 2.60. The molecule has 3 nitrogen and oxygen atoms in total. The maximum Gasteiger partial charge on any atom is 0.271 e. The maximum atomic E-state index is 12.1. The van der Waals surface area contributed by atoms with Crippen LogP contribution in [0.2, 0.25) is 0 Å². The Morgan fingerprint density at radius 1 is 1.12 bits per heavy atom. The first-order chi connectivity index (χ1) is 8.09. The van der Waals surface area contributed by atoms with Crippen molar-refractivity contribution in [3.63, 3.8) is 0 Å². The van der Waals surface area contributed by atoms with Crippen molar-refractivity contribution < 1.29 is 4.79 Å². The van der Waals surface area contributed by atoms with E-state index >= 15 is 0 Å². The van der Waals surface area contributed by atoms with Gasteiger partial charge >= 0.3 is 0 Å². The van der Waals surface area contributed by atoms with E-state index in [9.17, 15) is 4.79 Å². The monoisotopic (exact) mass is 340 g/mol. The standard InChI is InChI=1S/C13H13IN2O/c1-9-7-8-10(2)16(9)15-13(17)11-5-3-4-6-12(11)14/h3-8H,1-2H3,(H,15,17). The van der Waals surface area contributed by atoms with Crippen molar-refractivity contribution in [1.82, 2.24) is 4.68 Å². The van der Waals surface area contributed by atoms with E-state index in [0.29, 0.717) is 5.56 Å². The van der Waals surface area contributed by atoms with Crippen molar-refractivity contribution >= 4 is 28.5 Å². The van der Waals surface area contributed by atoms with Crippen LogP contribution in [0, 0.1) is 17.4 Å². The van der Waals surface area contributed by atoms with Crippen LogP contribution in [-0.2, 0) is 0 Å². The minimum Gasteiger partial charge on any atom is -0.267 e. The number of benzene rings is 1. The summed E-state index contributed by atoms with van der Waals surface area (Å²) in [7, 11) is 0. The molecule has 0 unspecified atom stereocenters. The summed E-state index contributed by atoms with van der Waals surface area (Å²) in [6.45, 7) is 3.92. The second-order valence-electron chi connectivity index (χ2n) is 3.87. The molecule has 1 aromatic heterocycles. The molecule has 2 aromatic rings. The number of aromatic nitrogens is 1. The van der Waals surface area contributed by atoms with Gasteiger partial charge in [-0.3, -0.25) is 14.9 Å². The Hall–Kier alpha value is -1.30. The molecule has 0 radical (unpaired) electrons. The summed E-state index contributed by atoms with van der Waals surface area (Å²) in [5, 5.41) is 0. The van der Waals surface area contributed by atoms with E-state index in [1.807, 2.05) is 50.2 Å². The topological polar surface area (TPSA) is 34.0 Å². The number of hydrogen-bond acceptors (Lipinski definition) is 1. The van der Waals surface area contributed by atoms with E-state index in [1.54, 1.807) is 4.68 Å². The lowest BCUT2D eigenvalue weighted by molar-refractivity contribution is 0.101. The molecule has 0 saturated carbocycles. The second kappa shape index (κ2) is 4.91.